The second kappa shape index (κ2) is 17.2. The fourth-order valence-electron chi connectivity index (χ4n) is 11.2. The molecule has 13 aromatic rings. The number of rotatable bonds is 9. The summed E-state index contributed by atoms with van der Waals surface area (Å²) in [7, 11) is 0. The molecule has 1 aliphatic rings. The van der Waals surface area contributed by atoms with Crippen molar-refractivity contribution in [2.75, 3.05) is 9.80 Å². The number of anilines is 5. The summed E-state index contributed by atoms with van der Waals surface area (Å²) in [5.74, 6) is 0. The van der Waals surface area contributed by atoms with Crippen molar-refractivity contribution < 1.29 is 4.42 Å². The minimum Gasteiger partial charge on any atom is -0.456 e. The van der Waals surface area contributed by atoms with Gasteiger partial charge in [0, 0.05) is 60.8 Å². The van der Waals surface area contributed by atoms with E-state index in [4.69, 9.17) is 4.42 Å². The normalized spacial score (nSPS) is 12.8. The summed E-state index contributed by atoms with van der Waals surface area (Å²) >= 11 is 0. The number of nitrogens with zero attached hydrogens (tertiary/aromatic N) is 3. The molecule has 0 aliphatic heterocycles. The summed E-state index contributed by atoms with van der Waals surface area (Å²) in [4.78, 5) is 4.87. The number of hydrogen-bond acceptors (Lipinski definition) is 3. The minimum atomic E-state index is 0.900. The molecule has 0 amide bonds. The van der Waals surface area contributed by atoms with E-state index in [-0.39, 0.29) is 0 Å². The van der Waals surface area contributed by atoms with Crippen LogP contribution in [0.5, 0.6) is 0 Å². The number of fused-ring (bicyclic) bond motifs is 8. The second-order valence-electron chi connectivity index (χ2n) is 18.8. The molecule has 0 N–H and O–H groups in total. The van der Waals surface area contributed by atoms with E-state index in [1.807, 2.05) is 12.1 Å². The molecule has 0 bridgehead atoms. The molecule has 4 nitrogen and oxygen atoms in total. The van der Waals surface area contributed by atoms with Gasteiger partial charge in [-0.05, 0) is 137 Å². The number of hydrogen-bond donors (Lipinski definition) is 0. The molecule has 0 unspecified atom stereocenters. The van der Waals surface area contributed by atoms with Crippen LogP contribution >= 0.6 is 0 Å². The van der Waals surface area contributed by atoms with Gasteiger partial charge in [0.25, 0.3) is 0 Å². The summed E-state index contributed by atoms with van der Waals surface area (Å²) in [6.45, 7) is 0. The Bertz CT molecular complexity index is 4260. The van der Waals surface area contributed by atoms with Crippen LogP contribution in [0.4, 0.5) is 28.4 Å². The van der Waals surface area contributed by atoms with Gasteiger partial charge < -0.3 is 18.8 Å². The first-order chi connectivity index (χ1) is 35.7. The Kier molecular flexibility index (Phi) is 9.95. The highest BCUT2D eigenvalue weighted by atomic mass is 16.3. The van der Waals surface area contributed by atoms with Crippen molar-refractivity contribution >= 4 is 99.3 Å². The van der Waals surface area contributed by atoms with Crippen molar-refractivity contribution in [1.82, 2.24) is 4.57 Å². The van der Waals surface area contributed by atoms with Gasteiger partial charge >= 0.3 is 0 Å². The molecule has 0 fully saturated rings. The third-order valence-corrected chi connectivity index (χ3v) is 14.7. The van der Waals surface area contributed by atoms with Crippen LogP contribution in [0, 0.1) is 0 Å². The zero-order chi connectivity index (χ0) is 47.5. The van der Waals surface area contributed by atoms with Crippen LogP contribution in [-0.4, -0.2) is 4.57 Å². The third kappa shape index (κ3) is 7.07. The van der Waals surface area contributed by atoms with Crippen molar-refractivity contribution in [2.45, 2.75) is 12.8 Å². The Balaban J connectivity index is 0.797. The Morgan fingerprint density at radius 1 is 0.333 bits per heavy atom. The lowest BCUT2D eigenvalue weighted by Crippen LogP contribution is -2.18. The first-order valence-electron chi connectivity index (χ1n) is 24.9. The fourth-order valence-corrected chi connectivity index (χ4v) is 11.2. The van der Waals surface area contributed by atoms with E-state index >= 15 is 0 Å². The van der Waals surface area contributed by atoms with Crippen LogP contribution in [0.3, 0.4) is 0 Å². The molecule has 72 heavy (non-hydrogen) atoms. The predicted molar refractivity (Wildman–Crippen MR) is 304 cm³/mol. The van der Waals surface area contributed by atoms with Crippen molar-refractivity contribution in [3.63, 3.8) is 0 Å². The fraction of sp³-hybridized carbons (Fsp3) is 0.0294. The zero-order valence-electron chi connectivity index (χ0n) is 39.5. The van der Waals surface area contributed by atoms with Gasteiger partial charge in [-0.1, -0.05) is 170 Å². The molecule has 14 rings (SSSR count). The van der Waals surface area contributed by atoms with Crippen LogP contribution in [-0.2, 0) is 0 Å². The number of allylic oxidation sites excluding steroid dienone is 4. The molecular weight excluding hydrogens is 875 g/mol. The number of furan rings is 1. The topological polar surface area (TPSA) is 24.6 Å². The SMILES string of the molecule is C1=C(c2ccc(-c3ccc(N(c4ccc5c(c4)c4ccccc4n5-c4ccccc4)c4cccc5ccccc45)cc3)cc2)CCC(N(c2ccc3oc4ccccc4c3c2)c2cccc3ccccc23)=C1. The predicted octanol–water partition coefficient (Wildman–Crippen LogP) is 19.0. The highest BCUT2D eigenvalue weighted by Crippen LogP contribution is 2.45. The van der Waals surface area contributed by atoms with Crippen molar-refractivity contribution in [3.05, 3.63) is 272 Å². The van der Waals surface area contributed by atoms with Gasteiger partial charge in [-0.25, -0.2) is 0 Å². The Labute approximate surface area is 417 Å². The van der Waals surface area contributed by atoms with Crippen molar-refractivity contribution in [1.29, 1.82) is 0 Å². The van der Waals surface area contributed by atoms with Crippen LogP contribution in [0.2, 0.25) is 0 Å². The first kappa shape index (κ1) is 41.6. The Hall–Kier alpha value is -9.38. The summed E-state index contributed by atoms with van der Waals surface area (Å²) in [6, 6.07) is 90.1. The maximum absolute atomic E-state index is 6.26. The zero-order valence-corrected chi connectivity index (χ0v) is 39.5. The minimum absolute atomic E-state index is 0.900. The standard InChI is InChI=1S/C68H47N3O/c1-2-18-52(19-3-1)71-65-24-10-8-22-59(65)61-44-55(40-42-66(61)71)69(63-25-12-16-50-14-4-6-20-57(50)63)53-36-32-48(33-37-53)46-28-30-47(31-29-46)49-34-38-54(39-35-49)70(64-26-13-17-51-15-5-7-21-58(51)64)56-41-43-68-62(45-56)60-23-9-11-27-67(60)72-68/h1-34,36-38,40-45H,35,39H2. The van der Waals surface area contributed by atoms with Crippen LogP contribution < -0.4 is 9.80 Å². The second-order valence-corrected chi connectivity index (χ2v) is 18.8. The largest absolute Gasteiger partial charge is 0.456 e. The van der Waals surface area contributed by atoms with Crippen LogP contribution in [0.1, 0.15) is 18.4 Å². The molecule has 2 heterocycles. The number of aromatic nitrogens is 1. The van der Waals surface area contributed by atoms with E-state index in [9.17, 15) is 0 Å². The van der Waals surface area contributed by atoms with E-state index in [0.717, 1.165) is 63.2 Å². The molecule has 1 aliphatic carbocycles. The molecule has 0 spiro atoms. The Morgan fingerprint density at radius 3 is 1.58 bits per heavy atom. The summed E-state index contributed by atoms with van der Waals surface area (Å²) in [5.41, 5.74) is 17.2. The summed E-state index contributed by atoms with van der Waals surface area (Å²) in [6.07, 6.45) is 6.48. The summed E-state index contributed by atoms with van der Waals surface area (Å²) < 4.78 is 8.64. The average molecular weight is 922 g/mol. The molecule has 0 saturated carbocycles. The Morgan fingerprint density at radius 2 is 0.861 bits per heavy atom. The highest BCUT2D eigenvalue weighted by Gasteiger charge is 2.23. The maximum atomic E-state index is 6.26. The summed E-state index contributed by atoms with van der Waals surface area (Å²) in [5, 5.41) is 9.57. The van der Waals surface area contributed by atoms with Crippen LogP contribution in [0.15, 0.2) is 271 Å². The molecule has 0 atom stereocenters. The molecule has 340 valence electrons. The number of benzene rings is 11. The monoisotopic (exact) mass is 921 g/mol. The molecule has 2 aromatic heterocycles. The first-order valence-corrected chi connectivity index (χ1v) is 24.9. The van der Waals surface area contributed by atoms with Crippen molar-refractivity contribution in [3.8, 4) is 16.8 Å². The molecule has 11 aromatic carbocycles. The molecule has 0 radical (unpaired) electrons. The van der Waals surface area contributed by atoms with E-state index in [2.05, 4.69) is 263 Å². The lowest BCUT2D eigenvalue weighted by molar-refractivity contribution is 0.669. The maximum Gasteiger partial charge on any atom is 0.135 e. The molecular formula is C68H47N3O. The van der Waals surface area contributed by atoms with Gasteiger partial charge in [0.1, 0.15) is 11.2 Å². The van der Waals surface area contributed by atoms with Gasteiger partial charge in [-0.3, -0.25) is 0 Å². The highest BCUT2D eigenvalue weighted by molar-refractivity contribution is 6.11. The molecule has 0 saturated heterocycles. The van der Waals surface area contributed by atoms with E-state index in [0.29, 0.717) is 0 Å². The average Bonchev–Trinajstić information content (AvgIpc) is 3.99. The van der Waals surface area contributed by atoms with E-state index < -0.39 is 0 Å². The quantitative estimate of drug-likeness (QED) is 0.144. The van der Waals surface area contributed by atoms with E-state index in [1.165, 1.54) is 77.0 Å². The van der Waals surface area contributed by atoms with Gasteiger partial charge in [-0.15, -0.1) is 0 Å². The number of para-hydroxylation sites is 3. The molecule has 4 heteroatoms. The van der Waals surface area contributed by atoms with Crippen LogP contribution in [0.25, 0.3) is 87.7 Å². The van der Waals surface area contributed by atoms with E-state index in [1.54, 1.807) is 0 Å². The van der Waals surface area contributed by atoms with Gasteiger partial charge in [-0.2, -0.15) is 0 Å². The van der Waals surface area contributed by atoms with Gasteiger partial charge in [0.2, 0.25) is 0 Å². The van der Waals surface area contributed by atoms with Crippen molar-refractivity contribution in [2.24, 2.45) is 0 Å². The third-order valence-electron chi connectivity index (χ3n) is 14.7. The van der Waals surface area contributed by atoms with Gasteiger partial charge in [0.15, 0.2) is 0 Å². The lowest BCUT2D eigenvalue weighted by Gasteiger charge is -2.31. The smallest absolute Gasteiger partial charge is 0.135 e. The van der Waals surface area contributed by atoms with Gasteiger partial charge in [0.05, 0.1) is 22.4 Å². The lowest BCUT2D eigenvalue weighted by atomic mass is 9.93.